The average Bonchev–Trinajstić information content (AvgIpc) is 3.15. The van der Waals surface area contributed by atoms with E-state index in [1.54, 1.807) is 12.1 Å². The van der Waals surface area contributed by atoms with Crippen LogP contribution in [0.4, 0.5) is 10.1 Å². The van der Waals surface area contributed by atoms with Crippen molar-refractivity contribution in [3.05, 3.63) is 66.0 Å². The van der Waals surface area contributed by atoms with E-state index in [0.717, 1.165) is 38.6 Å². The number of aliphatic imine (C=N–C) groups is 1. The molecule has 0 bridgehead atoms. The van der Waals surface area contributed by atoms with E-state index in [1.807, 2.05) is 19.1 Å². The summed E-state index contributed by atoms with van der Waals surface area (Å²) in [6.07, 6.45) is 1.16. The molecule has 6 heteroatoms. The molecular weight excluding hydrogens is 454 g/mol. The monoisotopic (exact) mass is 482 g/mol. The molecule has 0 aromatic heterocycles. The van der Waals surface area contributed by atoms with Crippen molar-refractivity contribution in [1.82, 2.24) is 10.6 Å². The average molecular weight is 482 g/mol. The molecule has 1 saturated heterocycles. The largest absolute Gasteiger partial charge is 0.371 e. The van der Waals surface area contributed by atoms with Crippen LogP contribution < -0.4 is 15.5 Å². The van der Waals surface area contributed by atoms with E-state index in [0.29, 0.717) is 18.0 Å². The Morgan fingerprint density at radius 2 is 1.85 bits per heavy atom. The number of halogens is 2. The number of anilines is 1. The van der Waals surface area contributed by atoms with Crippen LogP contribution in [-0.2, 0) is 6.54 Å². The molecule has 1 aliphatic heterocycles. The smallest absolute Gasteiger partial charge is 0.191 e. The minimum Gasteiger partial charge on any atom is -0.371 e. The zero-order chi connectivity index (χ0) is 18.2. The van der Waals surface area contributed by atoms with Crippen LogP contribution in [0, 0.1) is 11.7 Å². The molecule has 0 radical (unpaired) electrons. The van der Waals surface area contributed by atoms with Crippen LogP contribution >= 0.6 is 24.0 Å². The van der Waals surface area contributed by atoms with Crippen molar-refractivity contribution in [2.75, 3.05) is 31.1 Å². The van der Waals surface area contributed by atoms with Gasteiger partial charge < -0.3 is 15.5 Å². The van der Waals surface area contributed by atoms with E-state index in [1.165, 1.54) is 11.8 Å². The molecule has 2 N–H and O–H groups in total. The number of hydrogen-bond donors (Lipinski definition) is 2. The zero-order valence-corrected chi connectivity index (χ0v) is 18.0. The standard InChI is InChI=1S/C21H27FN4.HI/c1-2-23-21(25-15-18-8-6-7-11-20(18)22)24-14-17-12-13-26(16-17)19-9-4-3-5-10-19;/h3-11,17H,2,12-16H2,1H3,(H2,23,24,25);1H. The second-order valence-electron chi connectivity index (χ2n) is 6.60. The summed E-state index contributed by atoms with van der Waals surface area (Å²) >= 11 is 0. The molecule has 146 valence electrons. The van der Waals surface area contributed by atoms with Crippen LogP contribution in [0.5, 0.6) is 0 Å². The number of nitrogens with one attached hydrogen (secondary N) is 2. The van der Waals surface area contributed by atoms with E-state index >= 15 is 0 Å². The minimum atomic E-state index is -0.207. The number of benzene rings is 2. The third-order valence-corrected chi connectivity index (χ3v) is 4.67. The molecule has 2 aromatic rings. The first-order chi connectivity index (χ1) is 12.8. The fourth-order valence-corrected chi connectivity index (χ4v) is 3.25. The Bertz CT molecular complexity index is 723. The van der Waals surface area contributed by atoms with E-state index in [-0.39, 0.29) is 29.8 Å². The minimum absolute atomic E-state index is 0. The molecule has 4 nitrogen and oxygen atoms in total. The van der Waals surface area contributed by atoms with Gasteiger partial charge in [-0.25, -0.2) is 9.38 Å². The van der Waals surface area contributed by atoms with Crippen molar-refractivity contribution >= 4 is 35.6 Å². The van der Waals surface area contributed by atoms with Gasteiger partial charge in [0, 0.05) is 37.4 Å². The summed E-state index contributed by atoms with van der Waals surface area (Å²) in [4.78, 5) is 6.95. The highest BCUT2D eigenvalue weighted by Crippen LogP contribution is 2.22. The van der Waals surface area contributed by atoms with Gasteiger partial charge in [0.2, 0.25) is 0 Å². The first-order valence-corrected chi connectivity index (χ1v) is 9.32. The van der Waals surface area contributed by atoms with Crippen molar-refractivity contribution in [1.29, 1.82) is 0 Å². The molecule has 1 unspecified atom stereocenters. The first kappa shape index (κ1) is 21.5. The molecule has 0 spiro atoms. The third kappa shape index (κ3) is 6.37. The Morgan fingerprint density at radius 1 is 1.11 bits per heavy atom. The van der Waals surface area contributed by atoms with Gasteiger partial charge in [-0.15, -0.1) is 24.0 Å². The van der Waals surface area contributed by atoms with Gasteiger partial charge in [0.05, 0.1) is 6.54 Å². The maximum absolute atomic E-state index is 13.7. The highest BCUT2D eigenvalue weighted by molar-refractivity contribution is 14.0. The summed E-state index contributed by atoms with van der Waals surface area (Å²) in [6, 6.07) is 17.3. The molecular formula is C21H28FIN4. The summed E-state index contributed by atoms with van der Waals surface area (Å²) < 4.78 is 13.7. The van der Waals surface area contributed by atoms with Crippen molar-refractivity contribution in [2.45, 2.75) is 19.9 Å². The summed E-state index contributed by atoms with van der Waals surface area (Å²) in [6.45, 7) is 6.15. The van der Waals surface area contributed by atoms with Crippen LogP contribution in [0.3, 0.4) is 0 Å². The molecule has 0 amide bonds. The second-order valence-corrected chi connectivity index (χ2v) is 6.60. The first-order valence-electron chi connectivity index (χ1n) is 9.32. The van der Waals surface area contributed by atoms with E-state index in [4.69, 9.17) is 0 Å². The van der Waals surface area contributed by atoms with Crippen LogP contribution in [0.15, 0.2) is 59.6 Å². The predicted octanol–water partition coefficient (Wildman–Crippen LogP) is 4.03. The van der Waals surface area contributed by atoms with Gasteiger partial charge in [-0.05, 0) is 37.5 Å². The highest BCUT2D eigenvalue weighted by Gasteiger charge is 2.22. The van der Waals surface area contributed by atoms with E-state index in [2.05, 4.69) is 44.8 Å². The second kappa shape index (κ2) is 11.1. The molecule has 2 aromatic carbocycles. The van der Waals surface area contributed by atoms with Crippen molar-refractivity contribution < 1.29 is 4.39 Å². The Kier molecular flexibility index (Phi) is 8.84. The normalized spacial score (nSPS) is 16.7. The summed E-state index contributed by atoms with van der Waals surface area (Å²) in [7, 11) is 0. The van der Waals surface area contributed by atoms with Gasteiger partial charge in [-0.2, -0.15) is 0 Å². The summed E-state index contributed by atoms with van der Waals surface area (Å²) in [5.74, 6) is 1.11. The lowest BCUT2D eigenvalue weighted by atomic mass is 10.1. The number of hydrogen-bond acceptors (Lipinski definition) is 2. The lowest BCUT2D eigenvalue weighted by Crippen LogP contribution is -2.40. The van der Waals surface area contributed by atoms with E-state index < -0.39 is 0 Å². The number of nitrogens with zero attached hydrogens (tertiary/aromatic N) is 2. The molecule has 1 heterocycles. The molecule has 1 aliphatic rings. The van der Waals surface area contributed by atoms with Gasteiger partial charge >= 0.3 is 0 Å². The van der Waals surface area contributed by atoms with Crippen LogP contribution in [0.1, 0.15) is 18.9 Å². The summed E-state index contributed by atoms with van der Waals surface area (Å²) in [5.41, 5.74) is 1.90. The van der Waals surface area contributed by atoms with Gasteiger partial charge in [0.25, 0.3) is 0 Å². The molecule has 3 rings (SSSR count). The topological polar surface area (TPSA) is 39.7 Å². The quantitative estimate of drug-likeness (QED) is 0.371. The van der Waals surface area contributed by atoms with Crippen LogP contribution in [0.2, 0.25) is 0 Å². The van der Waals surface area contributed by atoms with Gasteiger partial charge in [-0.3, -0.25) is 0 Å². The molecule has 1 atom stereocenters. The molecule has 0 aliphatic carbocycles. The third-order valence-electron chi connectivity index (χ3n) is 4.67. The van der Waals surface area contributed by atoms with Gasteiger partial charge in [0.1, 0.15) is 5.82 Å². The van der Waals surface area contributed by atoms with E-state index in [9.17, 15) is 4.39 Å². The zero-order valence-electron chi connectivity index (χ0n) is 15.7. The molecule has 0 saturated carbocycles. The maximum atomic E-state index is 13.7. The van der Waals surface area contributed by atoms with Gasteiger partial charge in [0.15, 0.2) is 5.96 Å². The van der Waals surface area contributed by atoms with Crippen molar-refractivity contribution in [3.8, 4) is 0 Å². The lowest BCUT2D eigenvalue weighted by molar-refractivity contribution is 0.565. The maximum Gasteiger partial charge on any atom is 0.191 e. The SMILES string of the molecule is CCNC(=NCc1ccccc1F)NCC1CCN(c2ccccc2)C1.I. The lowest BCUT2D eigenvalue weighted by Gasteiger charge is -2.19. The van der Waals surface area contributed by atoms with Gasteiger partial charge in [-0.1, -0.05) is 36.4 Å². The van der Waals surface area contributed by atoms with Crippen LogP contribution in [-0.4, -0.2) is 32.1 Å². The number of guanidine groups is 1. The Hall–Kier alpha value is -1.83. The fraction of sp³-hybridized carbons (Fsp3) is 0.381. The fourth-order valence-electron chi connectivity index (χ4n) is 3.25. The predicted molar refractivity (Wildman–Crippen MR) is 121 cm³/mol. The Labute approximate surface area is 178 Å². The molecule has 27 heavy (non-hydrogen) atoms. The molecule has 1 fully saturated rings. The highest BCUT2D eigenvalue weighted by atomic mass is 127. The van der Waals surface area contributed by atoms with Crippen molar-refractivity contribution in [2.24, 2.45) is 10.9 Å². The number of para-hydroxylation sites is 1. The van der Waals surface area contributed by atoms with Crippen molar-refractivity contribution in [3.63, 3.8) is 0 Å². The number of rotatable bonds is 6. The Morgan fingerprint density at radius 3 is 2.59 bits per heavy atom. The Balaban J connectivity index is 0.00000261. The van der Waals surface area contributed by atoms with Crippen LogP contribution in [0.25, 0.3) is 0 Å². The summed E-state index contributed by atoms with van der Waals surface area (Å²) in [5, 5.41) is 6.66.